The third kappa shape index (κ3) is 9.53. The van der Waals surface area contributed by atoms with E-state index in [2.05, 4.69) is 13.5 Å². The van der Waals surface area contributed by atoms with Crippen molar-refractivity contribution in [2.24, 2.45) is 5.73 Å². The number of rotatable bonds is 3. The highest BCUT2D eigenvalue weighted by atomic mass is 14.6. The van der Waals surface area contributed by atoms with Crippen LogP contribution in [-0.2, 0) is 0 Å². The first kappa shape index (κ1) is 19.1. The summed E-state index contributed by atoms with van der Waals surface area (Å²) in [6, 6.07) is 0.123. The van der Waals surface area contributed by atoms with Crippen LogP contribution in [-0.4, -0.2) is 6.04 Å². The average molecular weight is 199 g/mol. The topological polar surface area (TPSA) is 26.0 Å². The van der Waals surface area contributed by atoms with Gasteiger partial charge in [-0.05, 0) is 25.8 Å². The standard InChI is InChI=1S/C9H17N.2C2H6/c1-5-7(3)9(6-2)8(4)10;2*1-2/h6,8H,3,5,10H2,1-2,4H3;2*1-2H3/b9-6+;;. The van der Waals surface area contributed by atoms with E-state index >= 15 is 0 Å². The summed E-state index contributed by atoms with van der Waals surface area (Å²) in [5.41, 5.74) is 8.03. The third-order valence-corrected chi connectivity index (χ3v) is 1.64. The maximum atomic E-state index is 5.69. The Labute approximate surface area is 91.1 Å². The molecule has 0 aliphatic carbocycles. The number of hydrogen-bond acceptors (Lipinski definition) is 1. The molecule has 0 aliphatic rings. The maximum Gasteiger partial charge on any atom is 0.0265 e. The number of hydrogen-bond donors (Lipinski definition) is 1. The van der Waals surface area contributed by atoms with Crippen molar-refractivity contribution in [1.29, 1.82) is 0 Å². The Bertz CT molecular complexity index is 143. The summed E-state index contributed by atoms with van der Waals surface area (Å²) >= 11 is 0. The molecule has 0 aromatic heterocycles. The second kappa shape index (κ2) is 14.9. The zero-order chi connectivity index (χ0) is 12.1. The highest BCUT2D eigenvalue weighted by Crippen LogP contribution is 2.13. The van der Waals surface area contributed by atoms with Gasteiger partial charge in [0.05, 0.1) is 0 Å². The summed E-state index contributed by atoms with van der Waals surface area (Å²) < 4.78 is 0. The molecule has 0 radical (unpaired) electrons. The van der Waals surface area contributed by atoms with Crippen molar-refractivity contribution < 1.29 is 0 Å². The Morgan fingerprint density at radius 2 is 1.64 bits per heavy atom. The van der Waals surface area contributed by atoms with Crippen molar-refractivity contribution in [1.82, 2.24) is 0 Å². The Morgan fingerprint density at radius 3 is 1.71 bits per heavy atom. The van der Waals surface area contributed by atoms with Gasteiger partial charge in [0.2, 0.25) is 0 Å². The van der Waals surface area contributed by atoms with Gasteiger partial charge in [0, 0.05) is 6.04 Å². The Balaban J connectivity index is -0.000000266. The molecule has 1 heteroatoms. The van der Waals surface area contributed by atoms with Crippen LogP contribution >= 0.6 is 0 Å². The molecule has 0 spiro atoms. The van der Waals surface area contributed by atoms with Gasteiger partial charge in [-0.3, -0.25) is 0 Å². The van der Waals surface area contributed by atoms with Crippen molar-refractivity contribution in [2.45, 2.75) is 60.9 Å². The second-order valence-corrected chi connectivity index (χ2v) is 2.49. The van der Waals surface area contributed by atoms with Gasteiger partial charge < -0.3 is 5.73 Å². The van der Waals surface area contributed by atoms with E-state index in [0.29, 0.717) is 0 Å². The third-order valence-electron chi connectivity index (χ3n) is 1.64. The zero-order valence-electron chi connectivity index (χ0n) is 11.1. The lowest BCUT2D eigenvalue weighted by atomic mass is 10.00. The molecular weight excluding hydrogens is 170 g/mol. The Morgan fingerprint density at radius 1 is 1.29 bits per heavy atom. The Kier molecular flexibility index (Phi) is 20.4. The van der Waals surface area contributed by atoms with Gasteiger partial charge in [-0.1, -0.05) is 52.8 Å². The van der Waals surface area contributed by atoms with E-state index in [9.17, 15) is 0 Å². The van der Waals surface area contributed by atoms with Gasteiger partial charge in [-0.2, -0.15) is 0 Å². The lowest BCUT2D eigenvalue weighted by Crippen LogP contribution is -2.18. The predicted molar refractivity (Wildman–Crippen MR) is 69.5 cm³/mol. The fourth-order valence-corrected chi connectivity index (χ4v) is 0.993. The molecule has 0 saturated heterocycles. The maximum absolute atomic E-state index is 5.69. The van der Waals surface area contributed by atoms with Crippen molar-refractivity contribution >= 4 is 0 Å². The van der Waals surface area contributed by atoms with Crippen molar-refractivity contribution in [3.63, 3.8) is 0 Å². The molecule has 2 N–H and O–H groups in total. The molecule has 0 saturated carbocycles. The molecule has 0 amide bonds. The van der Waals surface area contributed by atoms with Gasteiger partial charge in [0.1, 0.15) is 0 Å². The molecule has 0 heterocycles. The van der Waals surface area contributed by atoms with E-state index in [0.717, 1.165) is 12.0 Å². The highest BCUT2D eigenvalue weighted by Gasteiger charge is 2.03. The first-order chi connectivity index (χ1) is 6.63. The van der Waals surface area contributed by atoms with Crippen LogP contribution in [0.3, 0.4) is 0 Å². The summed E-state index contributed by atoms with van der Waals surface area (Å²) in [6.45, 7) is 18.0. The van der Waals surface area contributed by atoms with E-state index in [1.165, 1.54) is 5.57 Å². The lowest BCUT2D eigenvalue weighted by Gasteiger charge is -2.11. The fourth-order valence-electron chi connectivity index (χ4n) is 0.993. The van der Waals surface area contributed by atoms with Crippen LogP contribution in [0.2, 0.25) is 0 Å². The summed E-state index contributed by atoms with van der Waals surface area (Å²) in [7, 11) is 0. The monoisotopic (exact) mass is 199 g/mol. The van der Waals surface area contributed by atoms with Crippen molar-refractivity contribution in [2.75, 3.05) is 0 Å². The first-order valence-electron chi connectivity index (χ1n) is 5.73. The van der Waals surface area contributed by atoms with Gasteiger partial charge in [0.25, 0.3) is 0 Å². The van der Waals surface area contributed by atoms with Crippen LogP contribution in [0.4, 0.5) is 0 Å². The molecule has 0 aliphatic heterocycles. The molecule has 1 atom stereocenters. The van der Waals surface area contributed by atoms with E-state index in [-0.39, 0.29) is 6.04 Å². The minimum absolute atomic E-state index is 0.123. The van der Waals surface area contributed by atoms with Crippen LogP contribution in [0.25, 0.3) is 0 Å². The van der Waals surface area contributed by atoms with Gasteiger partial charge in [0.15, 0.2) is 0 Å². The van der Waals surface area contributed by atoms with Crippen molar-refractivity contribution in [3.8, 4) is 0 Å². The largest absolute Gasteiger partial charge is 0.324 e. The normalized spacial score (nSPS) is 11.6. The molecular formula is C13H29N. The van der Waals surface area contributed by atoms with Crippen molar-refractivity contribution in [3.05, 3.63) is 23.8 Å². The summed E-state index contributed by atoms with van der Waals surface area (Å²) in [6.07, 6.45) is 3.03. The molecule has 0 fully saturated rings. The Hall–Kier alpha value is -0.560. The highest BCUT2D eigenvalue weighted by molar-refractivity contribution is 5.31. The molecule has 86 valence electrons. The van der Waals surface area contributed by atoms with Gasteiger partial charge in [-0.25, -0.2) is 0 Å². The first-order valence-corrected chi connectivity index (χ1v) is 5.73. The summed E-state index contributed by atoms with van der Waals surface area (Å²) in [5.74, 6) is 0. The van der Waals surface area contributed by atoms with Crippen LogP contribution in [0, 0.1) is 0 Å². The van der Waals surface area contributed by atoms with E-state index < -0.39 is 0 Å². The molecule has 0 rings (SSSR count). The molecule has 1 unspecified atom stereocenters. The zero-order valence-corrected chi connectivity index (χ0v) is 11.1. The summed E-state index contributed by atoms with van der Waals surface area (Å²) in [4.78, 5) is 0. The SMILES string of the molecule is C=C(CC)/C(=C\C)C(C)N.CC.CC. The smallest absolute Gasteiger partial charge is 0.0265 e. The predicted octanol–water partition coefficient (Wildman–Crippen LogP) is 4.30. The van der Waals surface area contributed by atoms with Gasteiger partial charge in [-0.15, -0.1) is 0 Å². The molecule has 0 aromatic rings. The molecule has 0 aromatic carbocycles. The minimum Gasteiger partial charge on any atom is -0.324 e. The molecule has 1 nitrogen and oxygen atoms in total. The molecule has 0 bridgehead atoms. The average Bonchev–Trinajstić information content (AvgIpc) is 2.24. The van der Waals surface area contributed by atoms with Gasteiger partial charge >= 0.3 is 0 Å². The van der Waals surface area contributed by atoms with E-state index in [1.54, 1.807) is 0 Å². The number of nitrogens with two attached hydrogens (primary N) is 1. The quantitative estimate of drug-likeness (QED) is 0.674. The fraction of sp³-hybridized carbons (Fsp3) is 0.692. The number of allylic oxidation sites excluding steroid dienone is 1. The van der Waals surface area contributed by atoms with Crippen LogP contribution in [0.1, 0.15) is 54.9 Å². The van der Waals surface area contributed by atoms with Crippen LogP contribution in [0.5, 0.6) is 0 Å². The second-order valence-electron chi connectivity index (χ2n) is 2.49. The summed E-state index contributed by atoms with van der Waals surface area (Å²) in [5, 5.41) is 0. The van der Waals surface area contributed by atoms with Crippen LogP contribution in [0.15, 0.2) is 23.8 Å². The molecule has 14 heavy (non-hydrogen) atoms. The lowest BCUT2D eigenvalue weighted by molar-refractivity contribution is 0.851. The van der Waals surface area contributed by atoms with Crippen LogP contribution < -0.4 is 5.73 Å². The van der Waals surface area contributed by atoms with E-state index in [4.69, 9.17) is 5.73 Å². The van der Waals surface area contributed by atoms with E-state index in [1.807, 2.05) is 47.6 Å². The minimum atomic E-state index is 0.123.